The molecule has 3 aromatic rings. The molecule has 7 nitrogen and oxygen atoms in total. The van der Waals surface area contributed by atoms with Crippen LogP contribution in [0.15, 0.2) is 53.0 Å². The van der Waals surface area contributed by atoms with Crippen LogP contribution in [-0.2, 0) is 6.54 Å². The van der Waals surface area contributed by atoms with Crippen LogP contribution in [0.5, 0.6) is 5.75 Å². The van der Waals surface area contributed by atoms with Crippen LogP contribution in [0, 0.1) is 0 Å². The second kappa shape index (κ2) is 7.51. The predicted molar refractivity (Wildman–Crippen MR) is 111 cm³/mol. The van der Waals surface area contributed by atoms with Crippen molar-refractivity contribution >= 4 is 34.0 Å². The first-order chi connectivity index (χ1) is 13.3. The number of benzene rings is 1. The Morgan fingerprint density at radius 2 is 2.19 bits per heavy atom. The minimum Gasteiger partial charge on any atom is -0.494 e. The molecule has 0 saturated carbocycles. The van der Waals surface area contributed by atoms with E-state index in [1.807, 2.05) is 48.5 Å². The predicted octanol–water partition coefficient (Wildman–Crippen LogP) is 2.39. The maximum absolute atomic E-state index is 5.87. The van der Waals surface area contributed by atoms with E-state index in [0.717, 1.165) is 33.3 Å². The van der Waals surface area contributed by atoms with Crippen LogP contribution in [-0.4, -0.2) is 42.3 Å². The summed E-state index contributed by atoms with van der Waals surface area (Å²) in [6.07, 6.45) is 3.78. The summed E-state index contributed by atoms with van der Waals surface area (Å²) < 4.78 is 7.60. The van der Waals surface area contributed by atoms with Crippen LogP contribution in [0.3, 0.4) is 0 Å². The third-order valence-corrected chi connectivity index (χ3v) is 5.37. The molecule has 1 aliphatic rings. The van der Waals surface area contributed by atoms with Gasteiger partial charge in [-0.05, 0) is 36.7 Å². The maximum Gasteiger partial charge on any atom is 0.213 e. The molecule has 27 heavy (non-hydrogen) atoms. The Hall–Kier alpha value is -2.68. The number of aliphatic imine (C=N–C) groups is 1. The van der Waals surface area contributed by atoms with Crippen molar-refractivity contribution in [3.63, 3.8) is 0 Å². The average molecular weight is 382 g/mol. The van der Waals surface area contributed by atoms with Gasteiger partial charge in [-0.2, -0.15) is 0 Å². The largest absolute Gasteiger partial charge is 0.494 e. The summed E-state index contributed by atoms with van der Waals surface area (Å²) >= 11 is 1.68. The van der Waals surface area contributed by atoms with Gasteiger partial charge >= 0.3 is 0 Å². The second-order valence-electron chi connectivity index (χ2n) is 6.06. The lowest BCUT2D eigenvalue weighted by atomic mass is 10.2. The summed E-state index contributed by atoms with van der Waals surface area (Å²) in [4.78, 5) is 12.9. The third kappa shape index (κ3) is 3.12. The molecule has 1 atom stereocenters. The van der Waals surface area contributed by atoms with Crippen molar-refractivity contribution < 1.29 is 4.74 Å². The fourth-order valence-corrected chi connectivity index (χ4v) is 3.94. The number of nitrogens with one attached hydrogen (secondary N) is 1. The molecule has 0 aliphatic carbocycles. The Morgan fingerprint density at radius 3 is 2.89 bits per heavy atom. The number of aromatic nitrogens is 2. The van der Waals surface area contributed by atoms with Gasteiger partial charge in [0.25, 0.3) is 0 Å². The molecule has 0 saturated heterocycles. The molecule has 0 radical (unpaired) electrons. The Kier molecular flexibility index (Phi) is 4.93. The first-order valence-corrected chi connectivity index (χ1v) is 9.63. The van der Waals surface area contributed by atoms with E-state index >= 15 is 0 Å². The summed E-state index contributed by atoms with van der Waals surface area (Å²) in [7, 11) is 3.55. The molecule has 1 unspecified atom stereocenters. The van der Waals surface area contributed by atoms with Crippen LogP contribution in [0.1, 0.15) is 4.88 Å². The van der Waals surface area contributed by atoms with Crippen LogP contribution >= 0.6 is 11.3 Å². The van der Waals surface area contributed by atoms with Crippen LogP contribution in [0.2, 0.25) is 0 Å². The van der Waals surface area contributed by atoms with Gasteiger partial charge < -0.3 is 15.0 Å². The quantitative estimate of drug-likeness (QED) is 0.684. The first kappa shape index (κ1) is 17.7. The molecular weight excluding hydrogens is 360 g/mol. The van der Waals surface area contributed by atoms with E-state index in [9.17, 15) is 0 Å². The van der Waals surface area contributed by atoms with Crippen LogP contribution in [0.25, 0.3) is 11.0 Å². The van der Waals surface area contributed by atoms with Gasteiger partial charge in [-0.3, -0.25) is 10.2 Å². The highest BCUT2D eigenvalue weighted by atomic mass is 32.1. The van der Waals surface area contributed by atoms with Gasteiger partial charge in [0, 0.05) is 19.3 Å². The Balaban J connectivity index is 1.80. The number of imidazole rings is 1. The number of nitrogens with two attached hydrogens (primary N) is 1. The van der Waals surface area contributed by atoms with E-state index < -0.39 is 0 Å². The number of allylic oxidation sites excluding steroid dienone is 1. The number of rotatable bonds is 6. The molecule has 1 aliphatic heterocycles. The number of hydrogen-bond acceptors (Lipinski definition) is 7. The zero-order valence-electron chi connectivity index (χ0n) is 15.3. The van der Waals surface area contributed by atoms with Gasteiger partial charge in [0.15, 0.2) is 6.29 Å². The number of thiophene rings is 1. The van der Waals surface area contributed by atoms with E-state index in [1.165, 1.54) is 0 Å². The molecule has 0 bridgehead atoms. The van der Waals surface area contributed by atoms with Gasteiger partial charge in [-0.15, -0.1) is 11.3 Å². The lowest BCUT2D eigenvalue weighted by Crippen LogP contribution is -2.43. The maximum atomic E-state index is 5.87. The minimum atomic E-state index is -0.258. The van der Waals surface area contributed by atoms with E-state index in [2.05, 4.69) is 21.3 Å². The highest BCUT2D eigenvalue weighted by molar-refractivity contribution is 7.12. The van der Waals surface area contributed by atoms with Gasteiger partial charge in [-0.25, -0.2) is 9.98 Å². The van der Waals surface area contributed by atoms with Crippen LogP contribution < -0.4 is 20.7 Å². The van der Waals surface area contributed by atoms with E-state index in [1.54, 1.807) is 18.4 Å². The smallest absolute Gasteiger partial charge is 0.213 e. The normalized spacial score (nSPS) is 16.8. The third-order valence-electron chi connectivity index (χ3n) is 4.47. The molecular formula is C19H22N6OS. The number of ether oxygens (including phenoxy) is 1. The number of para-hydroxylation sites is 1. The lowest BCUT2D eigenvalue weighted by molar-refractivity contribution is 0.419. The van der Waals surface area contributed by atoms with Gasteiger partial charge in [0.2, 0.25) is 5.95 Å². The van der Waals surface area contributed by atoms with Crippen molar-refractivity contribution in [2.24, 2.45) is 10.7 Å². The minimum absolute atomic E-state index is 0.258. The molecule has 2 aromatic heterocycles. The molecule has 140 valence electrons. The molecule has 0 amide bonds. The van der Waals surface area contributed by atoms with Crippen LogP contribution in [0.4, 0.5) is 5.95 Å². The standard InChI is InChI=1S/C19H22N6OS/c1-21-18-22-13(16-7-4-12-27-16)8-10-25(18)19-23-17-14(24(19)11-9-20)5-3-6-15(17)26-2/h3-8,10,12,18,21H,9,11,20H2,1-2H3. The van der Waals surface area contributed by atoms with Gasteiger partial charge in [0.1, 0.15) is 11.3 Å². The highest BCUT2D eigenvalue weighted by Crippen LogP contribution is 2.31. The molecule has 3 N–H and O–H groups in total. The molecule has 0 fully saturated rings. The number of anilines is 1. The SMILES string of the molecule is CNC1N=C(c2cccs2)C=CN1c1nc2c(OC)cccc2n1CCN. The Labute approximate surface area is 161 Å². The zero-order chi connectivity index (χ0) is 18.8. The summed E-state index contributed by atoms with van der Waals surface area (Å²) in [5, 5.41) is 5.32. The fraction of sp³-hybridized carbons (Fsp3) is 0.263. The number of hydrogen-bond donors (Lipinski definition) is 2. The molecule has 0 spiro atoms. The molecule has 3 heterocycles. The van der Waals surface area contributed by atoms with Gasteiger partial charge in [-0.1, -0.05) is 12.1 Å². The number of nitrogens with zero attached hydrogens (tertiary/aromatic N) is 4. The first-order valence-electron chi connectivity index (χ1n) is 8.75. The van der Waals surface area contributed by atoms with E-state index in [-0.39, 0.29) is 6.29 Å². The van der Waals surface area contributed by atoms with E-state index in [0.29, 0.717) is 13.1 Å². The lowest BCUT2D eigenvalue weighted by Gasteiger charge is -2.30. The van der Waals surface area contributed by atoms with Crippen molar-refractivity contribution in [3.05, 3.63) is 52.9 Å². The van der Waals surface area contributed by atoms with Crippen molar-refractivity contribution in [2.45, 2.75) is 12.8 Å². The summed E-state index contributed by atoms with van der Waals surface area (Å²) in [5.74, 6) is 1.53. The zero-order valence-corrected chi connectivity index (χ0v) is 16.1. The Bertz CT molecular complexity index is 991. The molecule has 4 rings (SSSR count). The number of methoxy groups -OCH3 is 1. The average Bonchev–Trinajstić information content (AvgIpc) is 3.36. The molecule has 1 aromatic carbocycles. The summed E-state index contributed by atoms with van der Waals surface area (Å²) in [6.45, 7) is 1.17. The number of fused-ring (bicyclic) bond motifs is 1. The summed E-state index contributed by atoms with van der Waals surface area (Å²) in [5.41, 5.74) is 8.64. The molecule has 8 heteroatoms. The monoisotopic (exact) mass is 382 g/mol. The summed E-state index contributed by atoms with van der Waals surface area (Å²) in [6, 6.07) is 10.0. The van der Waals surface area contributed by atoms with Crippen molar-refractivity contribution in [2.75, 3.05) is 25.6 Å². The van der Waals surface area contributed by atoms with Crippen molar-refractivity contribution in [1.29, 1.82) is 0 Å². The Morgan fingerprint density at radius 1 is 1.30 bits per heavy atom. The van der Waals surface area contributed by atoms with Crippen molar-refractivity contribution in [1.82, 2.24) is 14.9 Å². The van der Waals surface area contributed by atoms with Gasteiger partial charge in [0.05, 0.1) is 23.2 Å². The fourth-order valence-electron chi connectivity index (χ4n) is 3.24. The van der Waals surface area contributed by atoms with E-state index in [4.69, 9.17) is 20.4 Å². The highest BCUT2D eigenvalue weighted by Gasteiger charge is 2.25. The second-order valence-corrected chi connectivity index (χ2v) is 7.00. The van der Waals surface area contributed by atoms with Crippen molar-refractivity contribution in [3.8, 4) is 5.75 Å². The topological polar surface area (TPSA) is 80.7 Å².